The lowest BCUT2D eigenvalue weighted by atomic mass is 10.1. The van der Waals surface area contributed by atoms with E-state index >= 15 is 0 Å². The Labute approximate surface area is 144 Å². The van der Waals surface area contributed by atoms with E-state index in [0.29, 0.717) is 35.8 Å². The van der Waals surface area contributed by atoms with E-state index in [1.165, 1.54) is 12.1 Å². The van der Waals surface area contributed by atoms with Crippen LogP contribution in [0.15, 0.2) is 47.8 Å². The molecule has 0 atom stereocenters. The van der Waals surface area contributed by atoms with Crippen LogP contribution in [0, 0.1) is 12.7 Å². The topological polar surface area (TPSA) is 59.8 Å². The van der Waals surface area contributed by atoms with E-state index in [-0.39, 0.29) is 11.4 Å². The van der Waals surface area contributed by atoms with Gasteiger partial charge in [0.05, 0.1) is 5.69 Å². The van der Waals surface area contributed by atoms with Crippen molar-refractivity contribution < 1.29 is 4.39 Å². The van der Waals surface area contributed by atoms with Gasteiger partial charge in [-0.1, -0.05) is 18.2 Å². The molecule has 0 bridgehead atoms. The molecule has 0 aliphatic heterocycles. The monoisotopic (exact) mass is 338 g/mol. The molecule has 0 aliphatic carbocycles. The summed E-state index contributed by atoms with van der Waals surface area (Å²) in [5.41, 5.74) is 2.09. The first-order valence-electron chi connectivity index (χ1n) is 8.08. The number of aromatic nitrogens is 3. The summed E-state index contributed by atoms with van der Waals surface area (Å²) in [7, 11) is 0. The normalized spacial score (nSPS) is 10.8. The number of fused-ring (bicyclic) bond motifs is 1. The summed E-state index contributed by atoms with van der Waals surface area (Å²) < 4.78 is 15.2. The SMILES string of the molecule is C=CCNc1nc(C)c2cc(-c3cccc(F)c3)c(=O)n(CC)c2n1. The Morgan fingerprint density at radius 3 is 2.80 bits per heavy atom. The third-order valence-electron chi connectivity index (χ3n) is 3.99. The van der Waals surface area contributed by atoms with Gasteiger partial charge >= 0.3 is 0 Å². The second-order valence-electron chi connectivity index (χ2n) is 5.66. The van der Waals surface area contributed by atoms with Crippen molar-refractivity contribution in [2.45, 2.75) is 20.4 Å². The smallest absolute Gasteiger partial charge is 0.260 e. The Balaban J connectivity index is 2.29. The first-order valence-corrected chi connectivity index (χ1v) is 8.08. The fourth-order valence-corrected chi connectivity index (χ4v) is 2.79. The minimum absolute atomic E-state index is 0.201. The summed E-state index contributed by atoms with van der Waals surface area (Å²) in [4.78, 5) is 21.8. The summed E-state index contributed by atoms with van der Waals surface area (Å²) in [5, 5.41) is 3.81. The molecular weight excluding hydrogens is 319 g/mol. The van der Waals surface area contributed by atoms with Crippen LogP contribution in [0.2, 0.25) is 0 Å². The van der Waals surface area contributed by atoms with Gasteiger partial charge in [-0.25, -0.2) is 9.37 Å². The lowest BCUT2D eigenvalue weighted by Gasteiger charge is -2.13. The summed E-state index contributed by atoms with van der Waals surface area (Å²) in [6.45, 7) is 8.38. The van der Waals surface area contributed by atoms with Crippen LogP contribution in [-0.2, 0) is 6.54 Å². The van der Waals surface area contributed by atoms with E-state index in [1.54, 1.807) is 28.8 Å². The summed E-state index contributed by atoms with van der Waals surface area (Å²) in [6, 6.07) is 7.77. The number of nitrogens with one attached hydrogen (secondary N) is 1. The number of anilines is 1. The van der Waals surface area contributed by atoms with Gasteiger partial charge in [-0.3, -0.25) is 9.36 Å². The van der Waals surface area contributed by atoms with Crippen molar-refractivity contribution in [1.82, 2.24) is 14.5 Å². The Kier molecular flexibility index (Phi) is 4.61. The lowest BCUT2D eigenvalue weighted by Crippen LogP contribution is -2.23. The summed E-state index contributed by atoms with van der Waals surface area (Å²) in [5.74, 6) is 0.0713. The highest BCUT2D eigenvalue weighted by Gasteiger charge is 2.15. The van der Waals surface area contributed by atoms with Crippen molar-refractivity contribution in [3.8, 4) is 11.1 Å². The molecule has 0 saturated carbocycles. The van der Waals surface area contributed by atoms with Gasteiger partial charge in [-0.05, 0) is 37.6 Å². The van der Waals surface area contributed by atoms with E-state index < -0.39 is 0 Å². The maximum atomic E-state index is 13.6. The quantitative estimate of drug-likeness (QED) is 0.723. The Hall–Kier alpha value is -3.02. The van der Waals surface area contributed by atoms with Crippen molar-refractivity contribution in [3.63, 3.8) is 0 Å². The van der Waals surface area contributed by atoms with Gasteiger partial charge in [0, 0.05) is 24.0 Å². The minimum Gasteiger partial charge on any atom is -0.351 e. The predicted octanol–water partition coefficient (Wildman–Crippen LogP) is 3.52. The van der Waals surface area contributed by atoms with E-state index in [0.717, 1.165) is 11.1 Å². The molecule has 2 aromatic heterocycles. The molecule has 1 N–H and O–H groups in total. The van der Waals surface area contributed by atoms with Crippen molar-refractivity contribution in [2.24, 2.45) is 0 Å². The molecule has 6 heteroatoms. The molecule has 3 rings (SSSR count). The van der Waals surface area contributed by atoms with Crippen LogP contribution >= 0.6 is 0 Å². The van der Waals surface area contributed by atoms with Crippen molar-refractivity contribution in [3.05, 3.63) is 64.9 Å². The number of nitrogens with zero attached hydrogens (tertiary/aromatic N) is 3. The number of halogens is 1. The molecule has 25 heavy (non-hydrogen) atoms. The van der Waals surface area contributed by atoms with Crippen LogP contribution in [0.1, 0.15) is 12.6 Å². The number of aryl methyl sites for hydroxylation is 2. The molecule has 0 spiro atoms. The highest BCUT2D eigenvalue weighted by Crippen LogP contribution is 2.23. The molecule has 0 saturated heterocycles. The van der Waals surface area contributed by atoms with E-state index in [2.05, 4.69) is 21.9 Å². The third-order valence-corrected chi connectivity index (χ3v) is 3.99. The largest absolute Gasteiger partial charge is 0.351 e. The van der Waals surface area contributed by atoms with E-state index in [4.69, 9.17) is 0 Å². The molecule has 0 aliphatic rings. The molecule has 1 aromatic carbocycles. The zero-order valence-corrected chi connectivity index (χ0v) is 14.2. The number of hydrogen-bond acceptors (Lipinski definition) is 4. The highest BCUT2D eigenvalue weighted by atomic mass is 19.1. The number of benzene rings is 1. The second-order valence-corrected chi connectivity index (χ2v) is 5.66. The molecule has 128 valence electrons. The van der Waals surface area contributed by atoms with Gasteiger partial charge in [0.25, 0.3) is 5.56 Å². The van der Waals surface area contributed by atoms with Crippen molar-refractivity contribution in [2.75, 3.05) is 11.9 Å². The maximum absolute atomic E-state index is 13.6. The first-order chi connectivity index (χ1) is 12.0. The van der Waals surface area contributed by atoms with Gasteiger partial charge in [0.15, 0.2) is 0 Å². The van der Waals surface area contributed by atoms with Crippen LogP contribution in [-0.4, -0.2) is 21.1 Å². The van der Waals surface area contributed by atoms with Gasteiger partial charge in [-0.15, -0.1) is 6.58 Å². The summed E-state index contributed by atoms with van der Waals surface area (Å²) >= 11 is 0. The summed E-state index contributed by atoms with van der Waals surface area (Å²) in [6.07, 6.45) is 1.71. The third kappa shape index (κ3) is 3.15. The van der Waals surface area contributed by atoms with Crippen molar-refractivity contribution in [1.29, 1.82) is 0 Å². The Morgan fingerprint density at radius 1 is 1.32 bits per heavy atom. The first kappa shape index (κ1) is 16.8. The molecule has 0 amide bonds. The van der Waals surface area contributed by atoms with Crippen LogP contribution in [0.3, 0.4) is 0 Å². The van der Waals surface area contributed by atoms with Crippen LogP contribution in [0.4, 0.5) is 10.3 Å². The molecule has 0 radical (unpaired) electrons. The van der Waals surface area contributed by atoms with Gasteiger partial charge in [0.1, 0.15) is 11.5 Å². The molecule has 2 heterocycles. The molecule has 0 fully saturated rings. The predicted molar refractivity (Wildman–Crippen MR) is 98.3 cm³/mol. The van der Waals surface area contributed by atoms with Gasteiger partial charge in [-0.2, -0.15) is 4.98 Å². The maximum Gasteiger partial charge on any atom is 0.260 e. The zero-order chi connectivity index (χ0) is 18.0. The standard InChI is InChI=1S/C19H19FN4O/c1-4-9-21-19-22-12(3)15-11-16(13-7-6-8-14(20)10-13)18(25)24(5-2)17(15)23-19/h4,6-8,10-11H,1,5,9H2,2-3H3,(H,21,22,23). The van der Waals surface area contributed by atoms with Crippen LogP contribution in [0.25, 0.3) is 22.2 Å². The zero-order valence-electron chi connectivity index (χ0n) is 14.2. The Bertz CT molecular complexity index is 1010. The average molecular weight is 338 g/mol. The highest BCUT2D eigenvalue weighted by molar-refractivity contribution is 5.84. The minimum atomic E-state index is -0.378. The fourth-order valence-electron chi connectivity index (χ4n) is 2.79. The van der Waals surface area contributed by atoms with E-state index in [1.807, 2.05) is 13.8 Å². The van der Waals surface area contributed by atoms with E-state index in [9.17, 15) is 9.18 Å². The van der Waals surface area contributed by atoms with Crippen LogP contribution < -0.4 is 10.9 Å². The second kappa shape index (κ2) is 6.84. The molecular formula is C19H19FN4O. The Morgan fingerprint density at radius 2 is 2.12 bits per heavy atom. The van der Waals surface area contributed by atoms with Gasteiger partial charge < -0.3 is 5.32 Å². The van der Waals surface area contributed by atoms with Crippen LogP contribution in [0.5, 0.6) is 0 Å². The van der Waals surface area contributed by atoms with Crippen molar-refractivity contribution >= 4 is 17.0 Å². The number of rotatable bonds is 5. The fraction of sp³-hybridized carbons (Fsp3) is 0.211. The average Bonchev–Trinajstić information content (AvgIpc) is 2.59. The number of hydrogen-bond donors (Lipinski definition) is 1. The number of pyridine rings is 1. The molecule has 5 nitrogen and oxygen atoms in total. The lowest BCUT2D eigenvalue weighted by molar-refractivity contribution is 0.628. The van der Waals surface area contributed by atoms with Gasteiger partial charge in [0.2, 0.25) is 5.95 Å². The molecule has 0 unspecified atom stereocenters. The molecule has 3 aromatic rings.